The first-order valence-corrected chi connectivity index (χ1v) is 7.41. The van der Waals surface area contributed by atoms with Crippen LogP contribution >= 0.6 is 15.9 Å². The zero-order valence-corrected chi connectivity index (χ0v) is 13.2. The van der Waals surface area contributed by atoms with Crippen molar-refractivity contribution in [3.63, 3.8) is 0 Å². The Labute approximate surface area is 135 Å². The molecule has 116 valence electrons. The molecule has 0 atom stereocenters. The van der Waals surface area contributed by atoms with Gasteiger partial charge in [-0.3, -0.25) is 4.79 Å². The molecular weight excluding hydrogens is 356 g/mol. The summed E-state index contributed by atoms with van der Waals surface area (Å²) in [5.41, 5.74) is 0.180. The fourth-order valence-electron chi connectivity index (χ4n) is 2.06. The molecule has 22 heavy (non-hydrogen) atoms. The summed E-state index contributed by atoms with van der Waals surface area (Å²) in [6.45, 7) is -0.152. The molecule has 0 saturated carbocycles. The van der Waals surface area contributed by atoms with E-state index in [1.807, 2.05) is 6.07 Å². The van der Waals surface area contributed by atoms with Gasteiger partial charge in [0.2, 0.25) is 0 Å². The fourth-order valence-corrected chi connectivity index (χ4v) is 2.39. The van der Waals surface area contributed by atoms with E-state index in [1.54, 1.807) is 24.3 Å². The lowest BCUT2D eigenvalue weighted by Gasteiger charge is -2.22. The van der Waals surface area contributed by atoms with E-state index in [2.05, 4.69) is 15.9 Å². The maximum absolute atomic E-state index is 14.1. The summed E-state index contributed by atoms with van der Waals surface area (Å²) in [6.07, 6.45) is 0. The quantitative estimate of drug-likeness (QED) is 0.820. The maximum atomic E-state index is 14.1. The van der Waals surface area contributed by atoms with Crippen LogP contribution in [0, 0.1) is 11.6 Å². The van der Waals surface area contributed by atoms with E-state index >= 15 is 0 Å². The molecule has 0 aliphatic rings. The predicted octanol–water partition coefficient (Wildman–Crippen LogP) is 3.36. The van der Waals surface area contributed by atoms with Gasteiger partial charge in [0, 0.05) is 13.1 Å². The van der Waals surface area contributed by atoms with Crippen LogP contribution in [0.4, 0.5) is 8.78 Å². The number of benzene rings is 2. The highest BCUT2D eigenvalue weighted by Crippen LogP contribution is 2.23. The third-order valence-corrected chi connectivity index (χ3v) is 3.74. The highest BCUT2D eigenvalue weighted by molar-refractivity contribution is 9.10. The molecule has 0 fully saturated rings. The monoisotopic (exact) mass is 369 g/mol. The molecule has 0 aliphatic heterocycles. The zero-order valence-electron chi connectivity index (χ0n) is 11.6. The highest BCUT2D eigenvalue weighted by Gasteiger charge is 2.24. The molecule has 3 nitrogen and oxygen atoms in total. The SMILES string of the molecule is O=C(c1c(F)ccc(Br)c1F)N(CCO)Cc1ccccc1. The maximum Gasteiger partial charge on any atom is 0.260 e. The van der Waals surface area contributed by atoms with Gasteiger partial charge in [-0.15, -0.1) is 0 Å². The molecule has 0 heterocycles. The molecule has 1 amide bonds. The molecule has 2 rings (SSSR count). The van der Waals surface area contributed by atoms with Gasteiger partial charge in [0.25, 0.3) is 5.91 Å². The van der Waals surface area contributed by atoms with Gasteiger partial charge in [-0.1, -0.05) is 30.3 Å². The number of aliphatic hydroxyl groups is 1. The molecule has 0 unspecified atom stereocenters. The van der Waals surface area contributed by atoms with Crippen LogP contribution in [0.25, 0.3) is 0 Å². The van der Waals surface area contributed by atoms with Gasteiger partial charge in [-0.05, 0) is 33.6 Å². The number of aliphatic hydroxyl groups excluding tert-OH is 1. The normalized spacial score (nSPS) is 10.5. The van der Waals surface area contributed by atoms with Crippen LogP contribution in [0.3, 0.4) is 0 Å². The third-order valence-electron chi connectivity index (χ3n) is 3.13. The Kier molecular flexibility index (Phi) is 5.63. The molecule has 0 bridgehead atoms. The number of rotatable bonds is 5. The summed E-state index contributed by atoms with van der Waals surface area (Å²) < 4.78 is 27.9. The minimum Gasteiger partial charge on any atom is -0.395 e. The topological polar surface area (TPSA) is 40.5 Å². The van der Waals surface area contributed by atoms with Crippen molar-refractivity contribution in [2.75, 3.05) is 13.2 Å². The molecule has 6 heteroatoms. The van der Waals surface area contributed by atoms with Gasteiger partial charge < -0.3 is 10.0 Å². The fraction of sp³-hybridized carbons (Fsp3) is 0.188. The smallest absolute Gasteiger partial charge is 0.260 e. The van der Waals surface area contributed by atoms with E-state index in [1.165, 1.54) is 11.0 Å². The van der Waals surface area contributed by atoms with Crippen LogP contribution < -0.4 is 0 Å². The zero-order chi connectivity index (χ0) is 16.1. The Bertz CT molecular complexity index is 665. The number of nitrogens with zero attached hydrogens (tertiary/aromatic N) is 1. The Morgan fingerprint density at radius 2 is 1.82 bits per heavy atom. The summed E-state index contributed by atoms with van der Waals surface area (Å²) in [6, 6.07) is 11.3. The highest BCUT2D eigenvalue weighted by atomic mass is 79.9. The van der Waals surface area contributed by atoms with Crippen molar-refractivity contribution in [2.24, 2.45) is 0 Å². The van der Waals surface area contributed by atoms with Crippen molar-refractivity contribution >= 4 is 21.8 Å². The van der Waals surface area contributed by atoms with Crippen LogP contribution in [0.1, 0.15) is 15.9 Å². The first kappa shape index (κ1) is 16.6. The molecule has 0 aliphatic carbocycles. The van der Waals surface area contributed by atoms with Crippen molar-refractivity contribution in [2.45, 2.75) is 6.54 Å². The van der Waals surface area contributed by atoms with Crippen molar-refractivity contribution in [1.29, 1.82) is 0 Å². The number of halogens is 3. The van der Waals surface area contributed by atoms with Crippen molar-refractivity contribution in [3.8, 4) is 0 Å². The summed E-state index contributed by atoms with van der Waals surface area (Å²) in [7, 11) is 0. The Balaban J connectivity index is 2.33. The first-order valence-electron chi connectivity index (χ1n) is 6.62. The standard InChI is InChI=1S/C16H14BrF2NO2/c17-12-6-7-13(18)14(15(12)19)16(22)20(8-9-21)10-11-4-2-1-3-5-11/h1-7,21H,8-10H2. The molecule has 0 saturated heterocycles. The van der Waals surface area contributed by atoms with Crippen LogP contribution in [-0.4, -0.2) is 29.1 Å². The average Bonchev–Trinajstić information content (AvgIpc) is 2.52. The van der Waals surface area contributed by atoms with Gasteiger partial charge in [0.15, 0.2) is 5.82 Å². The van der Waals surface area contributed by atoms with Crippen molar-refractivity contribution in [1.82, 2.24) is 4.90 Å². The molecule has 1 N–H and O–H groups in total. The molecule has 2 aromatic rings. The summed E-state index contributed by atoms with van der Waals surface area (Å²) in [5, 5.41) is 9.11. The third kappa shape index (κ3) is 3.69. The number of carbonyl (C=O) groups is 1. The van der Waals surface area contributed by atoms with Crippen LogP contribution in [0.15, 0.2) is 46.9 Å². The summed E-state index contributed by atoms with van der Waals surface area (Å²) in [4.78, 5) is 13.7. The van der Waals surface area contributed by atoms with Gasteiger partial charge in [-0.25, -0.2) is 8.78 Å². The van der Waals surface area contributed by atoms with E-state index < -0.39 is 23.1 Å². The van der Waals surface area contributed by atoms with E-state index in [0.717, 1.165) is 11.6 Å². The number of hydrogen-bond acceptors (Lipinski definition) is 2. The molecule has 2 aromatic carbocycles. The van der Waals surface area contributed by atoms with Crippen LogP contribution in [0.5, 0.6) is 0 Å². The largest absolute Gasteiger partial charge is 0.395 e. The Morgan fingerprint density at radius 1 is 1.14 bits per heavy atom. The van der Waals surface area contributed by atoms with E-state index in [9.17, 15) is 13.6 Å². The van der Waals surface area contributed by atoms with Crippen LogP contribution in [0.2, 0.25) is 0 Å². The van der Waals surface area contributed by atoms with Crippen molar-refractivity contribution < 1.29 is 18.7 Å². The van der Waals surface area contributed by atoms with E-state index in [-0.39, 0.29) is 24.2 Å². The average molecular weight is 370 g/mol. The van der Waals surface area contributed by atoms with Crippen LogP contribution in [-0.2, 0) is 6.54 Å². The van der Waals surface area contributed by atoms with Crippen molar-refractivity contribution in [3.05, 3.63) is 69.7 Å². The first-order chi connectivity index (χ1) is 10.5. The lowest BCUT2D eigenvalue weighted by molar-refractivity contribution is 0.0697. The minimum atomic E-state index is -0.944. The lowest BCUT2D eigenvalue weighted by Crippen LogP contribution is -2.34. The van der Waals surface area contributed by atoms with Gasteiger partial charge >= 0.3 is 0 Å². The lowest BCUT2D eigenvalue weighted by atomic mass is 10.1. The molecular formula is C16H14BrF2NO2. The van der Waals surface area contributed by atoms with Gasteiger partial charge in [-0.2, -0.15) is 0 Å². The second-order valence-corrected chi connectivity index (χ2v) is 5.51. The second-order valence-electron chi connectivity index (χ2n) is 4.65. The van der Waals surface area contributed by atoms with E-state index in [0.29, 0.717) is 0 Å². The Hall–Kier alpha value is -1.79. The van der Waals surface area contributed by atoms with Gasteiger partial charge in [0.05, 0.1) is 11.1 Å². The summed E-state index contributed by atoms with van der Waals surface area (Å²) in [5.74, 6) is -2.67. The molecule has 0 spiro atoms. The van der Waals surface area contributed by atoms with E-state index in [4.69, 9.17) is 5.11 Å². The Morgan fingerprint density at radius 3 is 2.45 bits per heavy atom. The van der Waals surface area contributed by atoms with Gasteiger partial charge in [0.1, 0.15) is 11.4 Å². The predicted molar refractivity (Wildman–Crippen MR) is 82.3 cm³/mol. The summed E-state index contributed by atoms with van der Waals surface area (Å²) >= 11 is 2.94. The minimum absolute atomic E-state index is 0.0147. The number of hydrogen-bond donors (Lipinski definition) is 1. The number of carbonyl (C=O) groups excluding carboxylic acids is 1. The number of amides is 1. The molecule has 0 radical (unpaired) electrons. The molecule has 0 aromatic heterocycles. The second kappa shape index (κ2) is 7.47.